The summed E-state index contributed by atoms with van der Waals surface area (Å²) < 4.78 is 10.3. The van der Waals surface area contributed by atoms with Crippen LogP contribution in [0.3, 0.4) is 0 Å². The minimum absolute atomic E-state index is 0.535. The van der Waals surface area contributed by atoms with Gasteiger partial charge in [-0.2, -0.15) is 15.0 Å². The third-order valence-corrected chi connectivity index (χ3v) is 11.8. The van der Waals surface area contributed by atoms with E-state index in [1.165, 1.54) is 0 Å². The number of fused-ring (bicyclic) bond motifs is 9. The number of hydrogen-bond acceptors (Lipinski definition) is 8. The Labute approximate surface area is 358 Å². The highest BCUT2D eigenvalue weighted by Crippen LogP contribution is 2.38. The number of rotatable bonds is 6. The number of aromatic nitrogens is 9. The lowest BCUT2D eigenvalue weighted by atomic mass is 10.0. The molecule has 10 nitrogen and oxygen atoms in total. The number of benzene rings is 7. The molecule has 13 aromatic rings. The molecule has 13 rings (SSSR count). The van der Waals surface area contributed by atoms with Gasteiger partial charge in [-0.3, -0.25) is 14.1 Å². The van der Waals surface area contributed by atoms with E-state index in [9.17, 15) is 0 Å². The fourth-order valence-corrected chi connectivity index (χ4v) is 8.90. The molecule has 0 atom stereocenters. The van der Waals surface area contributed by atoms with E-state index in [2.05, 4.69) is 98.0 Å². The average molecular weight is 810 g/mol. The first-order valence-electron chi connectivity index (χ1n) is 20.6. The first-order valence-corrected chi connectivity index (χ1v) is 20.6. The quantitative estimate of drug-likeness (QED) is 0.163. The average Bonchev–Trinajstić information content (AvgIpc) is 4.01. The Hall–Kier alpha value is -8.89. The Kier molecular flexibility index (Phi) is 7.67. The van der Waals surface area contributed by atoms with Gasteiger partial charge in [-0.05, 0) is 77.9 Å². The molecule has 63 heavy (non-hydrogen) atoms. The molecule has 0 N–H and O–H groups in total. The third-order valence-electron chi connectivity index (χ3n) is 11.8. The topological polar surface area (TPSA) is 113 Å². The van der Waals surface area contributed by atoms with Crippen LogP contribution >= 0.6 is 0 Å². The maximum absolute atomic E-state index is 6.03. The zero-order valence-electron chi connectivity index (χ0n) is 33.3. The van der Waals surface area contributed by atoms with E-state index < -0.39 is 0 Å². The summed E-state index contributed by atoms with van der Waals surface area (Å²) in [6, 6.07) is 60.0. The van der Waals surface area contributed by atoms with Crippen molar-refractivity contribution in [3.05, 3.63) is 188 Å². The minimum Gasteiger partial charge on any atom is -0.454 e. The molecular formula is C53H31N9O. The second-order valence-corrected chi connectivity index (χ2v) is 15.5. The van der Waals surface area contributed by atoms with Crippen molar-refractivity contribution >= 4 is 65.7 Å². The molecule has 0 aliphatic rings. The van der Waals surface area contributed by atoms with Crippen LogP contribution in [-0.4, -0.2) is 44.0 Å². The van der Waals surface area contributed by atoms with Gasteiger partial charge in [0.2, 0.25) is 11.9 Å². The van der Waals surface area contributed by atoms with Gasteiger partial charge in [0.25, 0.3) is 0 Å². The predicted octanol–water partition coefficient (Wildman–Crippen LogP) is 12.2. The Morgan fingerprint density at radius 2 is 0.873 bits per heavy atom. The zero-order valence-corrected chi connectivity index (χ0v) is 33.3. The Balaban J connectivity index is 0.938. The summed E-state index contributed by atoms with van der Waals surface area (Å²) in [5.74, 6) is 2.89. The van der Waals surface area contributed by atoms with Crippen LogP contribution in [0.15, 0.2) is 193 Å². The van der Waals surface area contributed by atoms with Crippen LogP contribution in [0.5, 0.6) is 0 Å². The summed E-state index contributed by atoms with van der Waals surface area (Å²) in [5.41, 5.74) is 11.2. The second kappa shape index (κ2) is 13.8. The highest BCUT2D eigenvalue weighted by Gasteiger charge is 2.20. The lowest BCUT2D eigenvalue weighted by Gasteiger charge is -2.11. The van der Waals surface area contributed by atoms with Crippen molar-refractivity contribution in [2.24, 2.45) is 0 Å². The molecule has 0 fully saturated rings. The Morgan fingerprint density at radius 1 is 0.333 bits per heavy atom. The summed E-state index contributed by atoms with van der Waals surface area (Å²) in [4.78, 5) is 34.1. The molecule has 6 aromatic heterocycles. The summed E-state index contributed by atoms with van der Waals surface area (Å²) in [7, 11) is 0. The van der Waals surface area contributed by atoms with E-state index in [1.54, 1.807) is 12.5 Å². The molecule has 294 valence electrons. The Morgan fingerprint density at radius 3 is 1.52 bits per heavy atom. The molecule has 0 saturated heterocycles. The fourth-order valence-electron chi connectivity index (χ4n) is 8.90. The van der Waals surface area contributed by atoms with Gasteiger partial charge >= 0.3 is 0 Å². The van der Waals surface area contributed by atoms with E-state index in [4.69, 9.17) is 29.3 Å². The third kappa shape index (κ3) is 5.62. The highest BCUT2D eigenvalue weighted by molar-refractivity contribution is 6.12. The molecule has 6 heterocycles. The van der Waals surface area contributed by atoms with E-state index in [-0.39, 0.29) is 0 Å². The van der Waals surface area contributed by atoms with Crippen LogP contribution < -0.4 is 0 Å². The highest BCUT2D eigenvalue weighted by atomic mass is 16.3. The number of furan rings is 1. The minimum atomic E-state index is 0.535. The first kappa shape index (κ1) is 34.9. The lowest BCUT2D eigenvalue weighted by Crippen LogP contribution is -2.06. The van der Waals surface area contributed by atoms with Gasteiger partial charge in [0, 0.05) is 49.8 Å². The van der Waals surface area contributed by atoms with Crippen LogP contribution in [0.25, 0.3) is 123 Å². The van der Waals surface area contributed by atoms with Gasteiger partial charge in [0.15, 0.2) is 23.1 Å². The molecule has 0 bridgehead atoms. The maximum atomic E-state index is 6.03. The lowest BCUT2D eigenvalue weighted by molar-refractivity contribution is 0.668. The SMILES string of the molecule is c1ccc(-c2nc(-c3ccccc3)nc(-n3c4ccccc4c4cc(-c5ccc6c(c5)c5ccccc5n6-c5ncnc(-c6ccc7oc8cccnc8c7c6)n5)ccc43)n2)cc1. The summed E-state index contributed by atoms with van der Waals surface area (Å²) in [6.07, 6.45) is 3.36. The van der Waals surface area contributed by atoms with Crippen LogP contribution in [0.2, 0.25) is 0 Å². The van der Waals surface area contributed by atoms with Crippen molar-refractivity contribution in [1.82, 2.24) is 44.0 Å². The van der Waals surface area contributed by atoms with Gasteiger partial charge in [0.05, 0.1) is 22.1 Å². The van der Waals surface area contributed by atoms with Crippen LogP contribution in [0.4, 0.5) is 0 Å². The van der Waals surface area contributed by atoms with Gasteiger partial charge in [-0.15, -0.1) is 0 Å². The van der Waals surface area contributed by atoms with Gasteiger partial charge < -0.3 is 4.42 Å². The van der Waals surface area contributed by atoms with Crippen LogP contribution in [-0.2, 0) is 0 Å². The standard InChI is InChI=1S/C53H31N9O/c1-3-12-32(13-4-1)50-57-51(33-14-5-2-6-15-33)60-53(59-50)62-43-19-10-8-17-38(43)40-29-35(22-25-45(40)62)34-21-24-44-39(28-34)37-16-7-9-18-42(37)61(44)52-56-31-55-49(58-52)36-23-26-46-41(30-36)48-47(63-46)20-11-27-54-48/h1-31H. The number of para-hydroxylation sites is 2. The molecule has 0 aliphatic heterocycles. The molecule has 0 unspecified atom stereocenters. The normalized spacial score (nSPS) is 11.8. The predicted molar refractivity (Wildman–Crippen MR) is 249 cm³/mol. The van der Waals surface area contributed by atoms with Crippen molar-refractivity contribution in [3.63, 3.8) is 0 Å². The number of nitrogens with zero attached hydrogens (tertiary/aromatic N) is 9. The van der Waals surface area contributed by atoms with Crippen LogP contribution in [0, 0.1) is 0 Å². The molecular weight excluding hydrogens is 779 g/mol. The largest absolute Gasteiger partial charge is 0.454 e. The second-order valence-electron chi connectivity index (χ2n) is 15.5. The van der Waals surface area contributed by atoms with Crippen molar-refractivity contribution < 1.29 is 4.42 Å². The molecule has 0 spiro atoms. The van der Waals surface area contributed by atoms with E-state index in [0.717, 1.165) is 93.5 Å². The smallest absolute Gasteiger partial charge is 0.238 e. The monoisotopic (exact) mass is 809 g/mol. The zero-order chi connectivity index (χ0) is 41.4. The molecule has 7 aromatic carbocycles. The maximum Gasteiger partial charge on any atom is 0.238 e. The molecule has 0 amide bonds. The van der Waals surface area contributed by atoms with Crippen molar-refractivity contribution in [2.75, 3.05) is 0 Å². The van der Waals surface area contributed by atoms with E-state index in [1.807, 2.05) is 97.1 Å². The van der Waals surface area contributed by atoms with Crippen LogP contribution in [0.1, 0.15) is 0 Å². The molecule has 0 aliphatic carbocycles. The number of pyridine rings is 1. The Bertz CT molecular complexity index is 3870. The molecule has 10 heteroatoms. The summed E-state index contributed by atoms with van der Waals surface area (Å²) in [5, 5.41) is 5.32. The van der Waals surface area contributed by atoms with Gasteiger partial charge in [-0.25, -0.2) is 15.0 Å². The van der Waals surface area contributed by atoms with E-state index >= 15 is 0 Å². The van der Waals surface area contributed by atoms with Crippen molar-refractivity contribution in [2.45, 2.75) is 0 Å². The van der Waals surface area contributed by atoms with Crippen molar-refractivity contribution in [1.29, 1.82) is 0 Å². The summed E-state index contributed by atoms with van der Waals surface area (Å²) >= 11 is 0. The first-order chi connectivity index (χ1) is 31.2. The summed E-state index contributed by atoms with van der Waals surface area (Å²) in [6.45, 7) is 0. The number of hydrogen-bond donors (Lipinski definition) is 0. The van der Waals surface area contributed by atoms with Gasteiger partial charge in [-0.1, -0.05) is 109 Å². The van der Waals surface area contributed by atoms with E-state index in [0.29, 0.717) is 29.4 Å². The fraction of sp³-hybridized carbons (Fsp3) is 0. The molecule has 0 saturated carbocycles. The van der Waals surface area contributed by atoms with Gasteiger partial charge in [0.1, 0.15) is 17.4 Å². The van der Waals surface area contributed by atoms with Crippen molar-refractivity contribution in [3.8, 4) is 57.2 Å². The molecule has 0 radical (unpaired) electrons.